The number of hydrogen-bond donors (Lipinski definition) is 3. The van der Waals surface area contributed by atoms with Gasteiger partial charge in [-0.15, -0.1) is 0 Å². The lowest BCUT2D eigenvalue weighted by atomic mass is 9.83. The summed E-state index contributed by atoms with van der Waals surface area (Å²) in [5.74, 6) is -0.293. The second-order valence-corrected chi connectivity index (χ2v) is 5.01. The lowest BCUT2D eigenvalue weighted by molar-refractivity contribution is 0.296. The van der Waals surface area contributed by atoms with Gasteiger partial charge in [0.1, 0.15) is 23.1 Å². The van der Waals surface area contributed by atoms with Gasteiger partial charge in [0.05, 0.1) is 11.6 Å². The highest BCUT2D eigenvalue weighted by Crippen LogP contribution is 2.43. The van der Waals surface area contributed by atoms with E-state index in [1.807, 2.05) is 6.07 Å². The molecular weight excluding hydrogens is 298 g/mol. The molecule has 1 aliphatic rings. The number of phenolic OH excluding ortho intramolecular Hbond substituents is 1. The number of anilines is 1. The minimum absolute atomic E-state index is 0.00514. The fraction of sp³-hybridized carbons (Fsp3) is 0.0625. The van der Waals surface area contributed by atoms with Gasteiger partial charge in [-0.2, -0.15) is 5.26 Å². The van der Waals surface area contributed by atoms with Gasteiger partial charge >= 0.3 is 0 Å². The minimum atomic E-state index is -0.566. The third-order valence-electron chi connectivity index (χ3n) is 3.63. The molecule has 1 atom stereocenters. The van der Waals surface area contributed by atoms with Crippen LogP contribution in [0.4, 0.5) is 5.69 Å². The molecule has 0 bridgehead atoms. The summed E-state index contributed by atoms with van der Waals surface area (Å²) in [7, 11) is 0. The molecule has 0 aromatic heterocycles. The average molecular weight is 310 g/mol. The largest absolute Gasteiger partial charge is 0.733 e. The number of nitrogens with two attached hydrogens (primary N) is 1. The summed E-state index contributed by atoms with van der Waals surface area (Å²) < 4.78 is 5.40. The number of hydrogen-bond acceptors (Lipinski definition) is 7. The van der Waals surface area contributed by atoms with Crippen LogP contribution >= 0.6 is 0 Å². The molecule has 1 heterocycles. The van der Waals surface area contributed by atoms with E-state index in [-0.39, 0.29) is 28.1 Å². The Labute approximate surface area is 131 Å². The van der Waals surface area contributed by atoms with Gasteiger partial charge < -0.3 is 26.0 Å². The first-order chi connectivity index (χ1) is 11.0. The molecule has 1 unspecified atom stereocenters. The highest BCUT2D eigenvalue weighted by Gasteiger charge is 2.30. The molecule has 0 spiro atoms. The fourth-order valence-corrected chi connectivity index (χ4v) is 2.61. The predicted molar refractivity (Wildman–Crippen MR) is 81.5 cm³/mol. The Morgan fingerprint density at radius 3 is 2.74 bits per heavy atom. The summed E-state index contributed by atoms with van der Waals surface area (Å²) in [6, 6.07) is 12.7. The minimum Gasteiger partial charge on any atom is -0.733 e. The van der Waals surface area contributed by atoms with Crippen LogP contribution in [-0.4, -0.2) is 10.3 Å². The van der Waals surface area contributed by atoms with Gasteiger partial charge in [-0.25, -0.2) is 0 Å². The first-order valence-electron chi connectivity index (χ1n) is 6.68. The molecule has 0 saturated carbocycles. The monoisotopic (exact) mass is 310 g/mol. The van der Waals surface area contributed by atoms with E-state index in [1.165, 1.54) is 24.3 Å². The van der Waals surface area contributed by atoms with Gasteiger partial charge in [0.15, 0.2) is 0 Å². The molecule has 2 aromatic rings. The van der Waals surface area contributed by atoms with E-state index in [0.29, 0.717) is 16.9 Å². The van der Waals surface area contributed by atoms with Crippen molar-refractivity contribution in [3.63, 3.8) is 0 Å². The van der Waals surface area contributed by atoms with Crippen LogP contribution < -0.4 is 15.7 Å². The van der Waals surface area contributed by atoms with Crippen LogP contribution in [0, 0.1) is 16.5 Å². The second kappa shape index (κ2) is 5.53. The zero-order valence-electron chi connectivity index (χ0n) is 11.8. The van der Waals surface area contributed by atoms with Crippen molar-refractivity contribution in [3.8, 4) is 17.6 Å². The van der Waals surface area contributed by atoms with E-state index in [0.717, 1.165) is 0 Å². The quantitative estimate of drug-likeness (QED) is 0.726. The maximum absolute atomic E-state index is 11.1. The van der Waals surface area contributed by atoms with Crippen molar-refractivity contribution in [1.82, 2.24) is 0 Å². The highest BCUT2D eigenvalue weighted by molar-refractivity contribution is 5.59. The average Bonchev–Trinajstić information content (AvgIpc) is 2.53. The first kappa shape index (κ1) is 14.7. The number of nitrogens with zero attached hydrogens (tertiary/aromatic N) is 2. The Kier molecular flexibility index (Phi) is 3.54. The van der Waals surface area contributed by atoms with Crippen LogP contribution in [0.1, 0.15) is 17.0 Å². The van der Waals surface area contributed by atoms with E-state index in [4.69, 9.17) is 15.7 Å². The third kappa shape index (κ3) is 2.53. The Morgan fingerprint density at radius 1 is 1.26 bits per heavy atom. The standard InChI is InChI=1S/C16H12N3O4/c17-8-13-15(9-2-1-3-10(6-9)19(21)22)12-5-4-11(20)7-14(12)23-16(13)18/h1-7,15,20-21H,18H2/q-1. The molecule has 0 fully saturated rings. The molecule has 0 amide bonds. The van der Waals surface area contributed by atoms with Crippen LogP contribution in [0.5, 0.6) is 11.5 Å². The van der Waals surface area contributed by atoms with Crippen LogP contribution in [0.15, 0.2) is 53.9 Å². The Hall–Kier alpha value is -3.21. The van der Waals surface area contributed by atoms with E-state index in [1.54, 1.807) is 18.2 Å². The molecule has 0 aliphatic carbocycles. The lowest BCUT2D eigenvalue weighted by Gasteiger charge is -2.28. The number of nitriles is 1. The smallest absolute Gasteiger partial charge is 0.205 e. The zero-order chi connectivity index (χ0) is 16.6. The molecule has 1 aliphatic heterocycles. The van der Waals surface area contributed by atoms with Crippen molar-refractivity contribution in [2.75, 3.05) is 5.23 Å². The Bertz CT molecular complexity index is 839. The van der Waals surface area contributed by atoms with Crippen LogP contribution in [0.3, 0.4) is 0 Å². The highest BCUT2D eigenvalue weighted by atomic mass is 16.8. The molecule has 116 valence electrons. The summed E-state index contributed by atoms with van der Waals surface area (Å²) in [5, 5.41) is 38.9. The SMILES string of the molecule is N#CC1=C(N)Oc2cc(O)ccc2C1c1cccc(N([O-])O)c1. The normalized spacial score (nSPS) is 16.3. The molecular formula is C16H12N3O4-. The molecule has 2 aromatic carbocycles. The fourth-order valence-electron chi connectivity index (χ4n) is 2.61. The molecule has 3 rings (SSSR count). The van der Waals surface area contributed by atoms with Gasteiger partial charge in [0, 0.05) is 11.6 Å². The topological polar surface area (TPSA) is 126 Å². The zero-order valence-corrected chi connectivity index (χ0v) is 11.8. The lowest BCUT2D eigenvalue weighted by Crippen LogP contribution is -2.21. The van der Waals surface area contributed by atoms with Crippen LogP contribution in [0.2, 0.25) is 0 Å². The molecule has 0 radical (unpaired) electrons. The maximum atomic E-state index is 11.1. The molecule has 7 heteroatoms. The third-order valence-corrected chi connectivity index (χ3v) is 3.63. The van der Waals surface area contributed by atoms with E-state index in [2.05, 4.69) is 0 Å². The van der Waals surface area contributed by atoms with Gasteiger partial charge in [-0.05, 0) is 23.8 Å². The Balaban J connectivity index is 2.20. The maximum Gasteiger partial charge on any atom is 0.205 e. The predicted octanol–water partition coefficient (Wildman–Crippen LogP) is 2.30. The number of fused-ring (bicyclic) bond motifs is 1. The van der Waals surface area contributed by atoms with Crippen molar-refractivity contribution in [1.29, 1.82) is 5.26 Å². The number of benzene rings is 2. The molecule has 0 saturated heterocycles. The summed E-state index contributed by atoms with van der Waals surface area (Å²) in [5.41, 5.74) is 7.25. The van der Waals surface area contributed by atoms with Gasteiger partial charge in [-0.3, -0.25) is 5.21 Å². The summed E-state index contributed by atoms with van der Waals surface area (Å²) in [6.07, 6.45) is 0. The van der Waals surface area contributed by atoms with Crippen molar-refractivity contribution < 1.29 is 15.1 Å². The number of ether oxygens (including phenoxy) is 1. The summed E-state index contributed by atoms with van der Waals surface area (Å²) >= 11 is 0. The van der Waals surface area contributed by atoms with Crippen molar-refractivity contribution in [3.05, 3.63) is 70.3 Å². The Morgan fingerprint density at radius 2 is 2.04 bits per heavy atom. The van der Waals surface area contributed by atoms with Gasteiger partial charge in [-0.1, -0.05) is 18.2 Å². The molecule has 4 N–H and O–H groups in total. The number of aromatic hydroxyl groups is 1. The van der Waals surface area contributed by atoms with Gasteiger partial charge in [0.25, 0.3) is 0 Å². The van der Waals surface area contributed by atoms with Gasteiger partial charge in [0.2, 0.25) is 5.88 Å². The van der Waals surface area contributed by atoms with Crippen molar-refractivity contribution in [2.24, 2.45) is 5.73 Å². The molecule has 7 nitrogen and oxygen atoms in total. The van der Waals surface area contributed by atoms with E-state index < -0.39 is 5.92 Å². The van der Waals surface area contributed by atoms with Crippen LogP contribution in [0.25, 0.3) is 0 Å². The van der Waals surface area contributed by atoms with E-state index in [9.17, 15) is 15.6 Å². The van der Waals surface area contributed by atoms with Crippen molar-refractivity contribution >= 4 is 5.69 Å². The first-order valence-corrected chi connectivity index (χ1v) is 6.68. The second-order valence-electron chi connectivity index (χ2n) is 5.01. The number of phenols is 1. The van der Waals surface area contributed by atoms with Crippen LogP contribution in [-0.2, 0) is 0 Å². The van der Waals surface area contributed by atoms with Crippen molar-refractivity contribution in [2.45, 2.75) is 5.92 Å². The molecule has 23 heavy (non-hydrogen) atoms. The number of rotatable bonds is 2. The summed E-state index contributed by atoms with van der Waals surface area (Å²) in [4.78, 5) is 0. The van der Waals surface area contributed by atoms with E-state index >= 15 is 0 Å². The number of allylic oxidation sites excluding steroid dienone is 1. The summed E-state index contributed by atoms with van der Waals surface area (Å²) in [6.45, 7) is 0.